The Bertz CT molecular complexity index is 171. The van der Waals surface area contributed by atoms with E-state index in [2.05, 4.69) is 44.3 Å². The first-order valence-corrected chi connectivity index (χ1v) is 12.7. The highest BCUT2D eigenvalue weighted by molar-refractivity contribution is 7.37. The molecule has 0 spiro atoms. The molecule has 0 fully saturated rings. The minimum atomic E-state index is -1.43. The third-order valence-corrected chi connectivity index (χ3v) is 26.1. The van der Waals surface area contributed by atoms with Crippen molar-refractivity contribution in [1.82, 2.24) is 4.23 Å². The van der Waals surface area contributed by atoms with Crippen LogP contribution in [0.25, 0.3) is 0 Å². The largest absolute Gasteiger partial charge is 0.422 e. The van der Waals surface area contributed by atoms with Crippen molar-refractivity contribution in [3.8, 4) is 0 Å². The van der Waals surface area contributed by atoms with Gasteiger partial charge in [-0.05, 0) is 19.1 Å². The fourth-order valence-electron chi connectivity index (χ4n) is 1.32. The summed E-state index contributed by atoms with van der Waals surface area (Å²) in [5.41, 5.74) is 0. The van der Waals surface area contributed by atoms with E-state index in [1.165, 1.54) is 10.4 Å². The molecule has 5 heteroatoms. The lowest BCUT2D eigenvalue weighted by Crippen LogP contribution is -2.68. The van der Waals surface area contributed by atoms with Crippen molar-refractivity contribution >= 4 is 26.0 Å². The molecule has 0 unspecified atom stereocenters. The second-order valence-corrected chi connectivity index (χ2v) is 21.4. The van der Waals surface area contributed by atoms with Crippen molar-refractivity contribution in [3.05, 3.63) is 0 Å². The molecule has 0 aromatic carbocycles. The van der Waals surface area contributed by atoms with Gasteiger partial charge in [-0.25, -0.2) is 0 Å². The molecule has 0 amide bonds. The Balaban J connectivity index is 4.74. The molecule has 0 aliphatic carbocycles. The molecule has 0 aliphatic rings. The zero-order valence-electron chi connectivity index (χ0n) is 10.4. The minimum Gasteiger partial charge on any atom is -0.422 e. The van der Waals surface area contributed by atoms with Gasteiger partial charge in [0.2, 0.25) is 0 Å². The predicted molar refractivity (Wildman–Crippen MR) is 68.9 cm³/mol. The first kappa shape index (κ1) is 13.6. The van der Waals surface area contributed by atoms with Crippen LogP contribution >= 0.6 is 0 Å². The summed E-state index contributed by atoms with van der Waals surface area (Å²) in [4.78, 5) is 0. The van der Waals surface area contributed by atoms with E-state index in [-0.39, 0.29) is 0 Å². The van der Waals surface area contributed by atoms with E-state index < -0.39 is 15.6 Å². The van der Waals surface area contributed by atoms with Gasteiger partial charge in [0, 0.05) is 7.11 Å². The summed E-state index contributed by atoms with van der Waals surface area (Å²) < 4.78 is 8.44. The maximum atomic E-state index is 5.75. The summed E-state index contributed by atoms with van der Waals surface area (Å²) in [6, 6.07) is 0.690. The molecule has 0 aromatic rings. The molecule has 0 radical (unpaired) electrons. The van der Waals surface area contributed by atoms with Crippen molar-refractivity contribution in [1.29, 1.82) is 0 Å². The highest BCUT2D eigenvalue weighted by atomic mass is 29.3. The molecular formula is C8H25NOSi3. The van der Waals surface area contributed by atoms with Gasteiger partial charge in [0.05, 0.1) is 10.4 Å². The van der Waals surface area contributed by atoms with Gasteiger partial charge >= 0.3 is 0 Å². The lowest BCUT2D eigenvalue weighted by molar-refractivity contribution is 0.412. The van der Waals surface area contributed by atoms with Crippen molar-refractivity contribution in [2.45, 2.75) is 46.1 Å². The normalized spacial score (nSPS) is 14.5. The number of hydrogen-bond acceptors (Lipinski definition) is 2. The van der Waals surface area contributed by atoms with Crippen molar-refractivity contribution in [2.24, 2.45) is 0 Å². The summed E-state index contributed by atoms with van der Waals surface area (Å²) in [7, 11) is 0.336. The number of nitrogens with zero attached hydrogens (tertiary/aromatic N) is 1. The quantitative estimate of drug-likeness (QED) is 0.677. The van der Waals surface area contributed by atoms with Crippen LogP contribution in [-0.2, 0) is 4.43 Å². The number of hydrogen-bond donors (Lipinski definition) is 0. The standard InChI is InChI=1S/C8H25NOSi3/c1-8(2)9(11)12(4,5)13(6,7)10-3/h8H,1-7,11H3. The molecule has 0 heterocycles. The van der Waals surface area contributed by atoms with Crippen molar-refractivity contribution in [3.63, 3.8) is 0 Å². The van der Waals surface area contributed by atoms with E-state index in [1.54, 1.807) is 0 Å². The van der Waals surface area contributed by atoms with E-state index in [0.717, 1.165) is 0 Å². The summed E-state index contributed by atoms with van der Waals surface area (Å²) in [5, 5.41) is 0. The van der Waals surface area contributed by atoms with Gasteiger partial charge in [0.25, 0.3) is 0 Å². The van der Waals surface area contributed by atoms with E-state index in [4.69, 9.17) is 4.43 Å². The van der Waals surface area contributed by atoms with E-state index in [9.17, 15) is 0 Å². The molecular weight excluding hydrogens is 210 g/mol. The maximum Gasteiger partial charge on any atom is 0.190 e. The SMILES string of the molecule is CO[Si](C)(C)[Si](C)(C)N([SiH3])C(C)C. The molecule has 0 atom stereocenters. The molecule has 0 saturated carbocycles. The average molecular weight is 236 g/mol. The number of rotatable bonds is 4. The summed E-state index contributed by atoms with van der Waals surface area (Å²) in [5.74, 6) is 0. The fourth-order valence-corrected chi connectivity index (χ4v) is 13.6. The van der Waals surface area contributed by atoms with Crippen molar-refractivity contribution in [2.75, 3.05) is 7.11 Å². The van der Waals surface area contributed by atoms with Crippen LogP contribution in [0.4, 0.5) is 0 Å². The second-order valence-electron chi connectivity index (χ2n) is 4.98. The lowest BCUT2D eigenvalue weighted by atomic mass is 10.4. The molecule has 0 saturated heterocycles. The van der Waals surface area contributed by atoms with Gasteiger partial charge < -0.3 is 8.66 Å². The van der Waals surface area contributed by atoms with E-state index >= 15 is 0 Å². The Labute approximate surface area is 88.2 Å². The molecule has 0 bridgehead atoms. The van der Waals surface area contributed by atoms with Gasteiger partial charge in [0.1, 0.15) is 7.75 Å². The molecule has 80 valence electrons. The third-order valence-electron chi connectivity index (χ3n) is 3.64. The Kier molecular flexibility index (Phi) is 4.59. The van der Waals surface area contributed by atoms with Crippen molar-refractivity contribution < 1.29 is 4.43 Å². The maximum absolute atomic E-state index is 5.75. The summed E-state index contributed by atoms with van der Waals surface area (Å²) in [6.07, 6.45) is 0. The van der Waals surface area contributed by atoms with E-state index in [0.29, 0.717) is 6.04 Å². The zero-order chi connectivity index (χ0) is 10.9. The van der Waals surface area contributed by atoms with Crippen LogP contribution in [0.5, 0.6) is 0 Å². The summed E-state index contributed by atoms with van der Waals surface area (Å²) in [6.45, 7) is 14.2. The van der Waals surface area contributed by atoms with Crippen LogP contribution in [0.3, 0.4) is 0 Å². The average Bonchev–Trinajstić information content (AvgIpc) is 2.02. The first-order chi connectivity index (χ1) is 5.66. The molecule has 0 aromatic heterocycles. The van der Waals surface area contributed by atoms with Gasteiger partial charge in [-0.1, -0.05) is 26.9 Å². The van der Waals surface area contributed by atoms with Crippen LogP contribution in [0.15, 0.2) is 0 Å². The Hall–Kier alpha value is 0.571. The van der Waals surface area contributed by atoms with E-state index in [1.807, 2.05) is 7.11 Å². The Morgan fingerprint density at radius 2 is 1.54 bits per heavy atom. The van der Waals surface area contributed by atoms with Crippen LogP contribution in [-0.4, -0.2) is 43.4 Å². The smallest absolute Gasteiger partial charge is 0.190 e. The fraction of sp³-hybridized carbons (Fsp3) is 1.00. The highest BCUT2D eigenvalue weighted by Crippen LogP contribution is 2.23. The van der Waals surface area contributed by atoms with Crippen LogP contribution < -0.4 is 0 Å². The van der Waals surface area contributed by atoms with Crippen LogP contribution in [0.2, 0.25) is 26.2 Å². The Morgan fingerprint density at radius 3 is 1.77 bits per heavy atom. The van der Waals surface area contributed by atoms with Gasteiger partial charge in [-0.15, -0.1) is 0 Å². The molecule has 13 heavy (non-hydrogen) atoms. The van der Waals surface area contributed by atoms with Crippen LogP contribution in [0.1, 0.15) is 13.8 Å². The minimum absolute atomic E-state index is 0.690. The van der Waals surface area contributed by atoms with Gasteiger partial charge in [0.15, 0.2) is 7.83 Å². The molecule has 0 N–H and O–H groups in total. The van der Waals surface area contributed by atoms with Crippen LogP contribution in [0, 0.1) is 0 Å². The first-order valence-electron chi connectivity index (χ1n) is 4.95. The second kappa shape index (κ2) is 4.39. The highest BCUT2D eigenvalue weighted by Gasteiger charge is 2.45. The topological polar surface area (TPSA) is 12.5 Å². The molecule has 0 aliphatic heterocycles. The third kappa shape index (κ3) is 2.76. The molecule has 0 rings (SSSR count). The summed E-state index contributed by atoms with van der Waals surface area (Å²) >= 11 is 0. The predicted octanol–water partition coefficient (Wildman–Crippen LogP) is 1.11. The Morgan fingerprint density at radius 1 is 1.15 bits per heavy atom. The molecule has 2 nitrogen and oxygen atoms in total. The zero-order valence-corrected chi connectivity index (χ0v) is 14.4. The lowest BCUT2D eigenvalue weighted by Gasteiger charge is -2.45. The monoisotopic (exact) mass is 235 g/mol. The van der Waals surface area contributed by atoms with Gasteiger partial charge in [-0.2, -0.15) is 0 Å². The van der Waals surface area contributed by atoms with Gasteiger partial charge in [-0.3, -0.25) is 0 Å².